The molecule has 0 spiro atoms. The summed E-state index contributed by atoms with van der Waals surface area (Å²) in [6.07, 6.45) is 1.99. The maximum Gasteiger partial charge on any atom is 0.177 e. The van der Waals surface area contributed by atoms with E-state index in [1.54, 1.807) is 14.2 Å². The van der Waals surface area contributed by atoms with E-state index >= 15 is 0 Å². The summed E-state index contributed by atoms with van der Waals surface area (Å²) >= 11 is 5.24. The van der Waals surface area contributed by atoms with Gasteiger partial charge in [0.25, 0.3) is 0 Å². The van der Waals surface area contributed by atoms with Crippen LogP contribution in [0.1, 0.15) is 11.3 Å². The van der Waals surface area contributed by atoms with Gasteiger partial charge in [-0.25, -0.2) is 0 Å². The van der Waals surface area contributed by atoms with E-state index < -0.39 is 0 Å². The number of hydrogen-bond acceptors (Lipinski definition) is 3. The van der Waals surface area contributed by atoms with Crippen molar-refractivity contribution in [2.75, 3.05) is 14.2 Å². The number of nitrogens with zero attached hydrogens (tertiary/aromatic N) is 1. The monoisotopic (exact) mass is 264 g/mol. The van der Waals surface area contributed by atoms with Crippen LogP contribution in [0.2, 0.25) is 0 Å². The number of aromatic nitrogens is 2. The van der Waals surface area contributed by atoms with E-state index in [1.165, 1.54) is 0 Å². The van der Waals surface area contributed by atoms with Crippen LogP contribution in [0, 0.1) is 11.7 Å². The highest BCUT2D eigenvalue weighted by molar-refractivity contribution is 7.71. The predicted octanol–water partition coefficient (Wildman–Crippen LogP) is 2.92. The van der Waals surface area contributed by atoms with Gasteiger partial charge in [0.2, 0.25) is 0 Å². The molecule has 4 nitrogen and oxygen atoms in total. The molecule has 0 aliphatic rings. The maximum atomic E-state index is 5.37. The molecule has 0 atom stereocenters. The lowest BCUT2D eigenvalue weighted by molar-refractivity contribution is 0.390. The van der Waals surface area contributed by atoms with Crippen molar-refractivity contribution in [1.82, 2.24) is 9.55 Å². The molecule has 0 aliphatic heterocycles. The summed E-state index contributed by atoms with van der Waals surface area (Å²) < 4.78 is 13.2. The fourth-order valence-electron chi connectivity index (χ4n) is 1.85. The quantitative estimate of drug-likeness (QED) is 0.863. The van der Waals surface area contributed by atoms with Gasteiger partial charge in [-0.15, -0.1) is 0 Å². The summed E-state index contributed by atoms with van der Waals surface area (Å²) in [5.41, 5.74) is 2.11. The molecular weight excluding hydrogens is 248 g/mol. The van der Waals surface area contributed by atoms with Crippen LogP contribution >= 0.6 is 12.2 Å². The summed E-state index contributed by atoms with van der Waals surface area (Å²) in [5.74, 6) is 1.58. The molecule has 1 aromatic heterocycles. The first-order chi connectivity index (χ1) is 8.63. The summed E-state index contributed by atoms with van der Waals surface area (Å²) in [5, 5.41) is 0. The minimum atomic E-state index is 0.677. The van der Waals surface area contributed by atoms with Gasteiger partial charge in [0.15, 0.2) is 4.77 Å². The zero-order valence-electron chi connectivity index (χ0n) is 10.7. The lowest BCUT2D eigenvalue weighted by Gasteiger charge is -2.10. The average molecular weight is 264 g/mol. The van der Waals surface area contributed by atoms with E-state index in [1.807, 2.05) is 35.9 Å². The van der Waals surface area contributed by atoms with Crippen LogP contribution in [0.5, 0.6) is 11.5 Å². The Balaban J connectivity index is 2.34. The Kier molecular flexibility index (Phi) is 3.72. The smallest absolute Gasteiger partial charge is 0.177 e. The minimum Gasteiger partial charge on any atom is -0.497 e. The molecule has 0 fully saturated rings. The van der Waals surface area contributed by atoms with E-state index in [-0.39, 0.29) is 0 Å². The van der Waals surface area contributed by atoms with Crippen LogP contribution in [-0.4, -0.2) is 23.8 Å². The van der Waals surface area contributed by atoms with Crippen molar-refractivity contribution in [3.05, 3.63) is 40.4 Å². The number of nitrogens with one attached hydrogen (secondary N) is 1. The molecule has 0 amide bonds. The molecule has 18 heavy (non-hydrogen) atoms. The average Bonchev–Trinajstić information content (AvgIpc) is 2.68. The Morgan fingerprint density at radius 3 is 2.61 bits per heavy atom. The fourth-order valence-corrected chi connectivity index (χ4v) is 2.13. The van der Waals surface area contributed by atoms with Crippen molar-refractivity contribution < 1.29 is 9.47 Å². The molecule has 5 heteroatoms. The van der Waals surface area contributed by atoms with Crippen LogP contribution in [0.15, 0.2) is 24.4 Å². The highest BCUT2D eigenvalue weighted by Gasteiger charge is 2.06. The Bertz CT molecular complexity index is 601. The second-order valence-corrected chi connectivity index (χ2v) is 4.43. The van der Waals surface area contributed by atoms with Crippen LogP contribution in [0.4, 0.5) is 0 Å². The number of hydrogen-bond donors (Lipinski definition) is 1. The standard InChI is InChI=1S/C13H16N2O2S/c1-9-7-15(13(18)14-9)8-10-4-5-11(16-2)6-12(10)17-3/h4-7H,8H2,1-3H3,(H,14,18). The van der Waals surface area contributed by atoms with Crippen molar-refractivity contribution in [1.29, 1.82) is 0 Å². The van der Waals surface area contributed by atoms with Gasteiger partial charge in [-0.05, 0) is 31.3 Å². The zero-order chi connectivity index (χ0) is 13.1. The minimum absolute atomic E-state index is 0.677. The summed E-state index contributed by atoms with van der Waals surface area (Å²) in [4.78, 5) is 3.10. The normalized spacial score (nSPS) is 10.4. The summed E-state index contributed by atoms with van der Waals surface area (Å²) in [7, 11) is 3.29. The number of aromatic amines is 1. The maximum absolute atomic E-state index is 5.37. The van der Waals surface area contributed by atoms with E-state index in [0.29, 0.717) is 11.3 Å². The lowest BCUT2D eigenvalue weighted by Crippen LogP contribution is -2.01. The van der Waals surface area contributed by atoms with Crippen LogP contribution in [-0.2, 0) is 6.54 Å². The summed E-state index contributed by atoms with van der Waals surface area (Å²) in [6, 6.07) is 5.78. The number of H-pyrrole nitrogens is 1. The highest BCUT2D eigenvalue weighted by Crippen LogP contribution is 2.25. The zero-order valence-corrected chi connectivity index (χ0v) is 11.5. The second kappa shape index (κ2) is 5.27. The second-order valence-electron chi connectivity index (χ2n) is 4.05. The van der Waals surface area contributed by atoms with Gasteiger partial charge in [-0.2, -0.15) is 0 Å². The van der Waals surface area contributed by atoms with Crippen molar-refractivity contribution >= 4 is 12.2 Å². The van der Waals surface area contributed by atoms with Crippen molar-refractivity contribution in [2.45, 2.75) is 13.5 Å². The fraction of sp³-hybridized carbons (Fsp3) is 0.308. The predicted molar refractivity (Wildman–Crippen MR) is 73.0 cm³/mol. The van der Waals surface area contributed by atoms with Crippen LogP contribution in [0.25, 0.3) is 0 Å². The van der Waals surface area contributed by atoms with Gasteiger partial charge < -0.3 is 19.0 Å². The molecule has 0 aliphatic carbocycles. The molecule has 2 rings (SSSR count). The molecule has 0 saturated carbocycles. The van der Waals surface area contributed by atoms with Gasteiger partial charge in [0.1, 0.15) is 11.5 Å². The van der Waals surface area contributed by atoms with Crippen LogP contribution < -0.4 is 9.47 Å². The highest BCUT2D eigenvalue weighted by atomic mass is 32.1. The van der Waals surface area contributed by atoms with E-state index in [9.17, 15) is 0 Å². The number of aryl methyl sites for hydroxylation is 1. The first-order valence-corrected chi connectivity index (χ1v) is 6.02. The van der Waals surface area contributed by atoms with E-state index in [0.717, 1.165) is 22.8 Å². The number of methoxy groups -OCH3 is 2. The Hall–Kier alpha value is -1.75. The van der Waals surface area contributed by atoms with E-state index in [2.05, 4.69) is 4.98 Å². The summed E-state index contributed by atoms with van der Waals surface area (Å²) in [6.45, 7) is 2.66. The molecular formula is C13H16N2O2S. The van der Waals surface area contributed by atoms with Gasteiger partial charge in [0.05, 0.1) is 20.8 Å². The molecule has 1 N–H and O–H groups in total. The lowest BCUT2D eigenvalue weighted by atomic mass is 10.2. The number of ether oxygens (including phenoxy) is 2. The molecule has 0 unspecified atom stereocenters. The van der Waals surface area contributed by atoms with Crippen molar-refractivity contribution in [3.63, 3.8) is 0 Å². The number of imidazole rings is 1. The van der Waals surface area contributed by atoms with Gasteiger partial charge >= 0.3 is 0 Å². The first kappa shape index (κ1) is 12.7. The van der Waals surface area contributed by atoms with E-state index in [4.69, 9.17) is 21.7 Å². The largest absolute Gasteiger partial charge is 0.497 e. The molecule has 96 valence electrons. The molecule has 1 aromatic carbocycles. The van der Waals surface area contributed by atoms with Crippen LogP contribution in [0.3, 0.4) is 0 Å². The molecule has 0 radical (unpaired) electrons. The molecule has 0 saturated heterocycles. The number of rotatable bonds is 4. The SMILES string of the molecule is COc1ccc(Cn2cc(C)[nH]c2=S)c(OC)c1. The van der Waals surface area contributed by atoms with Gasteiger partial charge in [-0.1, -0.05) is 0 Å². The molecule has 0 bridgehead atoms. The third kappa shape index (κ3) is 2.56. The molecule has 2 aromatic rings. The van der Waals surface area contributed by atoms with Crippen molar-refractivity contribution in [2.24, 2.45) is 0 Å². The third-order valence-electron chi connectivity index (χ3n) is 2.75. The Morgan fingerprint density at radius 2 is 2.06 bits per heavy atom. The topological polar surface area (TPSA) is 39.2 Å². The van der Waals surface area contributed by atoms with Crippen molar-refractivity contribution in [3.8, 4) is 11.5 Å². The number of benzene rings is 1. The third-order valence-corrected chi connectivity index (χ3v) is 3.09. The Labute approximate surface area is 111 Å². The molecule has 1 heterocycles. The first-order valence-electron chi connectivity index (χ1n) is 5.61. The van der Waals surface area contributed by atoms with Gasteiger partial charge in [-0.3, -0.25) is 0 Å². The van der Waals surface area contributed by atoms with Gasteiger partial charge in [0, 0.05) is 23.5 Å². The Morgan fingerprint density at radius 1 is 1.28 bits per heavy atom.